The first-order valence-corrected chi connectivity index (χ1v) is 24.7. The molecule has 1 saturated heterocycles. The normalized spacial score (nSPS) is 21.0. The summed E-state index contributed by atoms with van der Waals surface area (Å²) in [6.07, 6.45) is -7.96. The molecule has 4 rings (SSSR count). The maximum atomic E-state index is 14.3. The second-order valence-corrected chi connectivity index (χ2v) is 19.2. The fourth-order valence-corrected chi connectivity index (χ4v) is 9.00. The Bertz CT molecular complexity index is 2680. The number of benzene rings is 2. The van der Waals surface area contributed by atoms with E-state index in [0.29, 0.717) is 5.75 Å². The van der Waals surface area contributed by atoms with E-state index < -0.39 is 138 Å². The number of aliphatic carboxylic acids is 1. The molecule has 1 aromatic heterocycles. The van der Waals surface area contributed by atoms with Gasteiger partial charge in [0.25, 0.3) is 0 Å². The molecule has 0 saturated carbocycles. The summed E-state index contributed by atoms with van der Waals surface area (Å²) in [5.41, 5.74) is 15.2. The standard InChI is InChI=1S/C42H54N10O14S2.C2HF3O/c1-4-20(2)35-39(61)46-27(10-12-33(44)56)32(55)15-23(16-34(45)57)36(58)48-29(40(62)63)19-68-67-18-26(43)37(59)47-28(38(60)49-35)13-22-5-11-31(54)30(14-22)52-42(65)51(41(64)50-52)24-6-8-25(9-7-24)66-17-21(3)53;3-2(4,5)1-6/h5-9,11,14,20,23,26-29,35,54H,4,10,12-13,15-19,43H2,1-3H3,(H2,44,56)(H2,45,57)(H,46,61)(H,47,59)(H,48,58)(H,49,60)(H,50,64)(H,62,63);1H. The molecule has 0 bridgehead atoms. The summed E-state index contributed by atoms with van der Waals surface area (Å²) in [4.78, 5) is 152. The largest absolute Gasteiger partial charge is 0.506 e. The molecule has 1 aliphatic heterocycles. The van der Waals surface area contributed by atoms with Crippen LogP contribution in [0.25, 0.3) is 11.4 Å². The van der Waals surface area contributed by atoms with Crippen molar-refractivity contribution in [2.24, 2.45) is 29.0 Å². The maximum absolute atomic E-state index is 14.3. The highest BCUT2D eigenvalue weighted by Crippen LogP contribution is 2.25. The number of carbonyl (C=O) groups excluding carboxylic acids is 9. The molecular formula is C44H55F3N10O15S2. The molecule has 404 valence electrons. The Hall–Kier alpha value is -7.47. The minimum absolute atomic E-state index is 0.112. The van der Waals surface area contributed by atoms with Crippen LogP contribution in [-0.2, 0) is 54.4 Å². The number of aromatic amines is 1. The number of ether oxygens (including phenoxy) is 1. The van der Waals surface area contributed by atoms with Crippen molar-refractivity contribution in [1.82, 2.24) is 35.6 Å². The number of alkyl halides is 3. The predicted molar refractivity (Wildman–Crippen MR) is 259 cm³/mol. The third-order valence-electron chi connectivity index (χ3n) is 10.8. The highest BCUT2D eigenvalue weighted by molar-refractivity contribution is 8.76. The van der Waals surface area contributed by atoms with Crippen molar-refractivity contribution in [2.45, 2.75) is 95.7 Å². The van der Waals surface area contributed by atoms with Crippen LogP contribution in [-0.4, -0.2) is 138 Å². The topological polar surface area (TPSA) is 406 Å². The zero-order valence-electron chi connectivity index (χ0n) is 39.8. The molecule has 2 aromatic carbocycles. The number of carbonyl (C=O) groups is 10. The molecule has 6 amide bonds. The van der Waals surface area contributed by atoms with E-state index >= 15 is 0 Å². The summed E-state index contributed by atoms with van der Waals surface area (Å²) < 4.78 is 38.1. The zero-order valence-corrected chi connectivity index (χ0v) is 41.4. The first-order valence-electron chi connectivity index (χ1n) is 22.2. The quantitative estimate of drug-likeness (QED) is 0.0630. The van der Waals surface area contributed by atoms with E-state index in [2.05, 4.69) is 26.4 Å². The number of aromatic nitrogens is 3. The van der Waals surface area contributed by atoms with Gasteiger partial charge in [0.05, 0.1) is 23.7 Å². The Morgan fingerprint density at radius 1 is 0.878 bits per heavy atom. The second-order valence-electron chi connectivity index (χ2n) is 16.7. The Balaban J connectivity index is 0.00000226. The Labute approximate surface area is 426 Å². The first kappa shape index (κ1) is 60.8. The van der Waals surface area contributed by atoms with Crippen molar-refractivity contribution >= 4 is 80.9 Å². The van der Waals surface area contributed by atoms with Crippen LogP contribution in [0, 0.1) is 11.8 Å². The van der Waals surface area contributed by atoms with Crippen LogP contribution < -0.4 is 54.6 Å². The molecule has 0 aliphatic carbocycles. The number of carboxylic acids is 1. The molecule has 1 aliphatic rings. The number of carboxylic acid groups (broad SMARTS) is 1. The molecule has 0 spiro atoms. The first-order chi connectivity index (χ1) is 34.6. The molecular weight excluding hydrogens is 1030 g/mol. The van der Waals surface area contributed by atoms with Crippen molar-refractivity contribution in [3.63, 3.8) is 0 Å². The van der Waals surface area contributed by atoms with Crippen molar-refractivity contribution < 1.29 is 76.1 Å². The maximum Gasteiger partial charge on any atom is 0.446 e. The van der Waals surface area contributed by atoms with Crippen LogP contribution in [0.3, 0.4) is 0 Å². The van der Waals surface area contributed by atoms with Crippen LogP contribution in [0.5, 0.6) is 11.5 Å². The molecule has 2 heterocycles. The SMILES string of the molecule is CCC(C)C1NC(=O)C(Cc2ccc(O)c(-n3[nH]c(=O)n(-c4ccc(OCC(C)=O)cc4)c3=O)c2)NC(=O)C(N)CSSCC(C(=O)O)NC(=O)C(CC(N)=O)CC(=O)C(CCC(N)=O)NC1=O.O=CC(F)(F)F. The van der Waals surface area contributed by atoms with E-state index in [9.17, 15) is 76.1 Å². The molecule has 0 radical (unpaired) electrons. The Kier molecular flexibility index (Phi) is 23.1. The molecule has 30 heteroatoms. The van der Waals surface area contributed by atoms with Crippen molar-refractivity contribution in [2.75, 3.05) is 18.1 Å². The summed E-state index contributed by atoms with van der Waals surface area (Å²) in [5.74, 6) is -10.8. The number of nitrogens with zero attached hydrogens (tertiary/aromatic N) is 2. The van der Waals surface area contributed by atoms with E-state index in [1.807, 2.05) is 0 Å². The molecule has 7 unspecified atom stereocenters. The van der Waals surface area contributed by atoms with Gasteiger partial charge in [0.15, 0.2) is 11.6 Å². The minimum atomic E-state index is -4.64. The highest BCUT2D eigenvalue weighted by Gasteiger charge is 2.36. The van der Waals surface area contributed by atoms with Crippen LogP contribution in [0.2, 0.25) is 0 Å². The average molecular weight is 1090 g/mol. The van der Waals surface area contributed by atoms with E-state index in [-0.39, 0.29) is 60.1 Å². The number of phenols is 1. The second kappa shape index (κ2) is 28.1. The number of rotatable bonds is 15. The van der Waals surface area contributed by atoms with E-state index in [1.54, 1.807) is 13.8 Å². The van der Waals surface area contributed by atoms with Gasteiger partial charge >= 0.3 is 23.5 Å². The third kappa shape index (κ3) is 18.9. The predicted octanol–water partition coefficient (Wildman–Crippen LogP) is -1.21. The summed E-state index contributed by atoms with van der Waals surface area (Å²) in [5, 5.41) is 33.2. The van der Waals surface area contributed by atoms with Crippen molar-refractivity contribution in [3.05, 3.63) is 69.0 Å². The van der Waals surface area contributed by atoms with Gasteiger partial charge in [-0.15, -0.1) is 0 Å². The lowest BCUT2D eigenvalue weighted by Crippen LogP contribution is -2.59. The van der Waals surface area contributed by atoms with Gasteiger partial charge in [0, 0.05) is 37.2 Å². The molecule has 74 heavy (non-hydrogen) atoms. The monoisotopic (exact) mass is 1080 g/mol. The number of aromatic hydroxyl groups is 1. The Morgan fingerprint density at radius 3 is 2.07 bits per heavy atom. The molecule has 25 nitrogen and oxygen atoms in total. The van der Waals surface area contributed by atoms with E-state index in [4.69, 9.17) is 26.7 Å². The van der Waals surface area contributed by atoms with Gasteiger partial charge in [-0.25, -0.2) is 24.0 Å². The van der Waals surface area contributed by atoms with Crippen molar-refractivity contribution in [3.8, 4) is 22.9 Å². The lowest BCUT2D eigenvalue weighted by molar-refractivity contribution is -0.156. The van der Waals surface area contributed by atoms with Gasteiger partial charge in [0.2, 0.25) is 41.7 Å². The number of hydrogen-bond donors (Lipinski definition) is 10. The summed E-state index contributed by atoms with van der Waals surface area (Å²) in [6.45, 7) is 4.47. The summed E-state index contributed by atoms with van der Waals surface area (Å²) >= 11 is 0. The Morgan fingerprint density at radius 2 is 1.50 bits per heavy atom. The van der Waals surface area contributed by atoms with Crippen LogP contribution in [0.1, 0.15) is 58.4 Å². The lowest BCUT2D eigenvalue weighted by atomic mass is 9.91. The number of nitrogens with one attached hydrogen (secondary N) is 5. The van der Waals surface area contributed by atoms with E-state index in [0.717, 1.165) is 30.8 Å². The van der Waals surface area contributed by atoms with Gasteiger partial charge in [-0.2, -0.15) is 17.9 Å². The van der Waals surface area contributed by atoms with E-state index in [1.165, 1.54) is 49.4 Å². The van der Waals surface area contributed by atoms with Crippen LogP contribution >= 0.6 is 21.6 Å². The number of halogens is 3. The molecule has 13 N–H and O–H groups in total. The van der Waals surface area contributed by atoms with Gasteiger partial charge < -0.3 is 53.4 Å². The number of Topliss-reactive ketones (excluding diaryl/α,β-unsaturated/α-hetero) is 2. The number of ketones is 2. The number of amides is 6. The fraction of sp³-hybridized carbons (Fsp3) is 0.455. The number of aldehydes is 1. The highest BCUT2D eigenvalue weighted by atomic mass is 33.1. The number of primary amides is 2. The number of H-pyrrole nitrogens is 1. The molecule has 3 aromatic rings. The van der Waals surface area contributed by atoms with Crippen LogP contribution in [0.4, 0.5) is 13.2 Å². The summed E-state index contributed by atoms with van der Waals surface area (Å²) in [7, 11) is 1.89. The van der Waals surface area contributed by atoms with Crippen LogP contribution in [0.15, 0.2) is 52.1 Å². The fourth-order valence-electron chi connectivity index (χ4n) is 6.73. The van der Waals surface area contributed by atoms with Gasteiger partial charge in [-0.05, 0) is 61.2 Å². The number of hydrogen-bond acceptors (Lipinski definition) is 17. The third-order valence-corrected chi connectivity index (χ3v) is 13.2. The van der Waals surface area contributed by atoms with Gasteiger partial charge in [-0.1, -0.05) is 47.9 Å². The average Bonchev–Trinajstić information content (AvgIpc) is 3.63. The minimum Gasteiger partial charge on any atom is -0.506 e. The molecule has 7 atom stereocenters. The number of nitrogens with two attached hydrogens (primary N) is 3. The van der Waals surface area contributed by atoms with Crippen molar-refractivity contribution in [1.29, 1.82) is 0 Å². The smallest absolute Gasteiger partial charge is 0.446 e. The lowest BCUT2D eigenvalue weighted by Gasteiger charge is -2.29. The van der Waals surface area contributed by atoms with Gasteiger partial charge in [-0.3, -0.25) is 43.2 Å². The molecule has 1 fully saturated rings. The summed E-state index contributed by atoms with van der Waals surface area (Å²) in [6, 6.07) is 2.21. The number of phenolic OH excluding ortho intramolecular Hbond substituents is 1. The van der Waals surface area contributed by atoms with Gasteiger partial charge in [0.1, 0.15) is 41.9 Å². The zero-order chi connectivity index (χ0) is 55.6.